The third-order valence-corrected chi connectivity index (χ3v) is 5.82. The van der Waals surface area contributed by atoms with Crippen molar-refractivity contribution in [2.24, 2.45) is 0 Å². The molecule has 0 atom stereocenters. The predicted octanol–water partition coefficient (Wildman–Crippen LogP) is 5.28. The predicted molar refractivity (Wildman–Crippen MR) is 119 cm³/mol. The maximum Gasteiger partial charge on any atom is 0.253 e. The number of amides is 2. The Labute approximate surface area is 177 Å². The van der Waals surface area contributed by atoms with Crippen LogP contribution in [0.2, 0.25) is 0 Å². The van der Waals surface area contributed by atoms with E-state index in [0.717, 1.165) is 42.5 Å². The summed E-state index contributed by atoms with van der Waals surface area (Å²) >= 11 is 0. The van der Waals surface area contributed by atoms with Gasteiger partial charge in [0.15, 0.2) is 0 Å². The van der Waals surface area contributed by atoms with Crippen molar-refractivity contribution < 1.29 is 14.0 Å². The number of rotatable bonds is 5. The van der Waals surface area contributed by atoms with Crippen LogP contribution in [0.3, 0.4) is 0 Å². The highest BCUT2D eigenvalue weighted by Gasteiger charge is 2.19. The number of nitrogens with zero attached hydrogens (tertiary/aromatic N) is 1. The van der Waals surface area contributed by atoms with Crippen molar-refractivity contribution in [3.05, 3.63) is 64.9 Å². The highest BCUT2D eigenvalue weighted by molar-refractivity contribution is 5.97. The quantitative estimate of drug-likeness (QED) is 0.629. The van der Waals surface area contributed by atoms with Gasteiger partial charge in [0.2, 0.25) is 5.91 Å². The minimum absolute atomic E-state index is 0.0616. The van der Waals surface area contributed by atoms with Crippen molar-refractivity contribution in [3.63, 3.8) is 0 Å². The summed E-state index contributed by atoms with van der Waals surface area (Å²) < 4.78 is 5.68. The standard InChI is InChI=1S/C25H28N2O3/c1-16(2)21-14-22-19(15-30-23(22)12-17(21)3)13-24(28)26-20-8-6-18(7-9-20)25(29)27-10-4-5-11-27/h6-9,12,14-16H,4-5,10-11,13H2,1-3H3,(H,26,28). The van der Waals surface area contributed by atoms with E-state index in [1.165, 1.54) is 11.1 Å². The van der Waals surface area contributed by atoms with Crippen LogP contribution in [0.25, 0.3) is 11.0 Å². The largest absolute Gasteiger partial charge is 0.464 e. The van der Waals surface area contributed by atoms with Crippen LogP contribution in [0.5, 0.6) is 0 Å². The second kappa shape index (κ2) is 8.34. The number of furan rings is 1. The fourth-order valence-corrected chi connectivity index (χ4v) is 4.18. The monoisotopic (exact) mass is 404 g/mol. The zero-order valence-corrected chi connectivity index (χ0v) is 17.8. The summed E-state index contributed by atoms with van der Waals surface area (Å²) in [5.41, 5.74) is 5.50. The average Bonchev–Trinajstić information content (AvgIpc) is 3.38. The third kappa shape index (κ3) is 4.11. The first-order chi connectivity index (χ1) is 14.4. The van der Waals surface area contributed by atoms with E-state index in [2.05, 4.69) is 32.2 Å². The first kappa shape index (κ1) is 20.2. The summed E-state index contributed by atoms with van der Waals surface area (Å²) in [6, 6.07) is 11.3. The Bertz CT molecular complexity index is 1070. The highest BCUT2D eigenvalue weighted by atomic mass is 16.3. The van der Waals surface area contributed by atoms with E-state index < -0.39 is 0 Å². The third-order valence-electron chi connectivity index (χ3n) is 5.82. The van der Waals surface area contributed by atoms with Gasteiger partial charge in [-0.1, -0.05) is 13.8 Å². The van der Waals surface area contributed by atoms with Gasteiger partial charge in [-0.15, -0.1) is 0 Å². The summed E-state index contributed by atoms with van der Waals surface area (Å²) in [5, 5.41) is 3.92. The second-order valence-electron chi connectivity index (χ2n) is 8.42. The summed E-state index contributed by atoms with van der Waals surface area (Å²) in [6.45, 7) is 8.07. The van der Waals surface area contributed by atoms with Crippen molar-refractivity contribution >= 4 is 28.5 Å². The van der Waals surface area contributed by atoms with Gasteiger partial charge in [-0.05, 0) is 73.2 Å². The number of likely N-dealkylation sites (tertiary alicyclic amines) is 1. The molecule has 156 valence electrons. The van der Waals surface area contributed by atoms with Crippen LogP contribution in [0.1, 0.15) is 59.7 Å². The fraction of sp³-hybridized carbons (Fsp3) is 0.360. The molecule has 0 aliphatic carbocycles. The van der Waals surface area contributed by atoms with Gasteiger partial charge in [0, 0.05) is 35.3 Å². The number of nitrogens with one attached hydrogen (secondary N) is 1. The minimum atomic E-state index is -0.108. The lowest BCUT2D eigenvalue weighted by atomic mass is 9.95. The molecular weight excluding hydrogens is 376 g/mol. The molecule has 1 saturated heterocycles. The van der Waals surface area contributed by atoms with E-state index in [0.29, 0.717) is 17.2 Å². The van der Waals surface area contributed by atoms with Crippen LogP contribution in [0, 0.1) is 6.92 Å². The highest BCUT2D eigenvalue weighted by Crippen LogP contribution is 2.29. The molecule has 2 aromatic carbocycles. The minimum Gasteiger partial charge on any atom is -0.464 e. The van der Waals surface area contributed by atoms with Crippen LogP contribution in [-0.2, 0) is 11.2 Å². The number of hydrogen-bond donors (Lipinski definition) is 1. The van der Waals surface area contributed by atoms with Gasteiger partial charge in [-0.2, -0.15) is 0 Å². The Balaban J connectivity index is 1.44. The zero-order valence-electron chi connectivity index (χ0n) is 17.8. The molecule has 1 fully saturated rings. The number of carbonyl (C=O) groups is 2. The van der Waals surface area contributed by atoms with Crippen LogP contribution in [-0.4, -0.2) is 29.8 Å². The molecule has 0 saturated carbocycles. The number of anilines is 1. The Morgan fingerprint density at radius 3 is 2.47 bits per heavy atom. The first-order valence-electron chi connectivity index (χ1n) is 10.6. The molecule has 3 aromatic rings. The summed E-state index contributed by atoms with van der Waals surface area (Å²) in [6.07, 6.45) is 4.05. The Morgan fingerprint density at radius 1 is 1.10 bits per heavy atom. The van der Waals surface area contributed by atoms with E-state index in [9.17, 15) is 9.59 Å². The van der Waals surface area contributed by atoms with Gasteiger partial charge in [0.1, 0.15) is 5.58 Å². The zero-order chi connectivity index (χ0) is 21.3. The molecule has 0 radical (unpaired) electrons. The van der Waals surface area contributed by atoms with Gasteiger partial charge in [0.05, 0.1) is 12.7 Å². The van der Waals surface area contributed by atoms with Crippen LogP contribution in [0.4, 0.5) is 5.69 Å². The average molecular weight is 405 g/mol. The van der Waals surface area contributed by atoms with Crippen LogP contribution < -0.4 is 5.32 Å². The van der Waals surface area contributed by atoms with Crippen LogP contribution >= 0.6 is 0 Å². The van der Waals surface area contributed by atoms with E-state index >= 15 is 0 Å². The van der Waals surface area contributed by atoms with Crippen molar-refractivity contribution in [2.75, 3.05) is 18.4 Å². The Kier molecular flexibility index (Phi) is 5.62. The molecule has 0 unspecified atom stereocenters. The van der Waals surface area contributed by atoms with Crippen molar-refractivity contribution in [1.29, 1.82) is 0 Å². The molecule has 2 heterocycles. The van der Waals surface area contributed by atoms with E-state index in [1.807, 2.05) is 11.0 Å². The second-order valence-corrected chi connectivity index (χ2v) is 8.42. The lowest BCUT2D eigenvalue weighted by Gasteiger charge is -2.15. The molecule has 4 rings (SSSR count). The molecule has 5 nitrogen and oxygen atoms in total. The molecule has 2 amide bonds. The summed E-state index contributed by atoms with van der Waals surface area (Å²) in [4.78, 5) is 26.9. The summed E-state index contributed by atoms with van der Waals surface area (Å²) in [7, 11) is 0. The first-order valence-corrected chi connectivity index (χ1v) is 10.6. The molecule has 0 bridgehead atoms. The van der Waals surface area contributed by atoms with E-state index in [-0.39, 0.29) is 18.2 Å². The summed E-state index contributed by atoms with van der Waals surface area (Å²) in [5.74, 6) is 0.363. The van der Waals surface area contributed by atoms with Crippen LogP contribution in [0.15, 0.2) is 47.1 Å². The molecule has 1 aliphatic rings. The molecule has 1 N–H and O–H groups in total. The molecule has 0 spiro atoms. The molecule has 5 heteroatoms. The fourth-order valence-electron chi connectivity index (χ4n) is 4.18. The maximum absolute atomic E-state index is 12.6. The lowest BCUT2D eigenvalue weighted by Crippen LogP contribution is -2.27. The SMILES string of the molecule is Cc1cc2occ(CC(=O)Nc3ccc(C(=O)N4CCCC4)cc3)c2cc1C(C)C. The number of aryl methyl sites for hydroxylation is 1. The van der Waals surface area contributed by atoms with Crippen molar-refractivity contribution in [3.8, 4) is 0 Å². The molecule has 1 aliphatic heterocycles. The van der Waals surface area contributed by atoms with Gasteiger partial charge in [0.25, 0.3) is 5.91 Å². The Morgan fingerprint density at radius 2 is 1.80 bits per heavy atom. The Hall–Kier alpha value is -3.08. The molecule has 30 heavy (non-hydrogen) atoms. The van der Waals surface area contributed by atoms with Gasteiger partial charge < -0.3 is 14.6 Å². The number of carbonyl (C=O) groups excluding carboxylic acids is 2. The van der Waals surface area contributed by atoms with Crippen molar-refractivity contribution in [1.82, 2.24) is 4.90 Å². The van der Waals surface area contributed by atoms with Gasteiger partial charge in [-0.3, -0.25) is 9.59 Å². The number of hydrogen-bond acceptors (Lipinski definition) is 3. The van der Waals surface area contributed by atoms with E-state index in [4.69, 9.17) is 4.42 Å². The van der Waals surface area contributed by atoms with Gasteiger partial charge in [-0.25, -0.2) is 0 Å². The smallest absolute Gasteiger partial charge is 0.253 e. The number of benzene rings is 2. The topological polar surface area (TPSA) is 62.6 Å². The van der Waals surface area contributed by atoms with E-state index in [1.54, 1.807) is 30.5 Å². The molecule has 1 aromatic heterocycles. The van der Waals surface area contributed by atoms with Gasteiger partial charge >= 0.3 is 0 Å². The number of fused-ring (bicyclic) bond motifs is 1. The van der Waals surface area contributed by atoms with Crippen molar-refractivity contribution in [2.45, 2.75) is 46.0 Å². The molecular formula is C25H28N2O3. The normalized spacial score (nSPS) is 13.9. The lowest BCUT2D eigenvalue weighted by molar-refractivity contribution is -0.115. The maximum atomic E-state index is 12.6.